The molecule has 0 bridgehead atoms. The number of hydrogen-bond donors (Lipinski definition) is 4. The molecule has 0 radical (unpaired) electrons. The molecule has 0 spiro atoms. The Morgan fingerprint density at radius 3 is 1.94 bits per heavy atom. The first-order chi connectivity index (χ1) is 15.3. The van der Waals surface area contributed by atoms with Gasteiger partial charge in [0.15, 0.2) is 11.6 Å². The molecule has 0 heterocycles. The molecule has 2 aliphatic rings. The van der Waals surface area contributed by atoms with E-state index in [0.717, 1.165) is 38.6 Å². The van der Waals surface area contributed by atoms with E-state index in [-0.39, 0.29) is 85.1 Å². The van der Waals surface area contributed by atoms with Gasteiger partial charge in [-0.1, -0.05) is 27.3 Å². The van der Waals surface area contributed by atoms with Crippen LogP contribution in [-0.2, 0) is 40.7 Å². The van der Waals surface area contributed by atoms with E-state index < -0.39 is 73.8 Å². The second-order valence-electron chi connectivity index (χ2n) is 7.31. The van der Waals surface area contributed by atoms with E-state index in [1.807, 2.05) is 0 Å². The van der Waals surface area contributed by atoms with E-state index in [2.05, 4.69) is 0 Å². The molecule has 4 N–H and O–H groups in total. The molecule has 1 atom stereocenters. The zero-order valence-electron chi connectivity index (χ0n) is 20.9. The van der Waals surface area contributed by atoms with Crippen molar-refractivity contribution in [1.29, 1.82) is 0 Å². The first-order valence-corrected chi connectivity index (χ1v) is 14.8. The normalized spacial score (nSPS) is 20.2. The van der Waals surface area contributed by atoms with Crippen LogP contribution in [-0.4, -0.2) is 59.1 Å². The summed E-state index contributed by atoms with van der Waals surface area (Å²) >= 11 is 0. The van der Waals surface area contributed by atoms with Crippen molar-refractivity contribution in [3.63, 3.8) is 0 Å². The van der Waals surface area contributed by atoms with E-state index in [9.17, 15) is 43.3 Å². The zero-order chi connectivity index (χ0) is 25.9. The van der Waals surface area contributed by atoms with Gasteiger partial charge in [-0.05, 0) is 24.6 Å². The second-order valence-corrected chi connectivity index (χ2v) is 13.8. The van der Waals surface area contributed by atoms with Crippen LogP contribution in [0.3, 0.4) is 0 Å². The van der Waals surface area contributed by atoms with Crippen LogP contribution in [0, 0.1) is 0 Å². The minimum absolute atomic E-state index is 0. The molecule has 0 saturated heterocycles. The second kappa shape index (κ2) is 11.0. The Labute approximate surface area is 254 Å². The summed E-state index contributed by atoms with van der Waals surface area (Å²) in [6.07, 6.45) is 1.08. The molecule has 20 heteroatoms. The van der Waals surface area contributed by atoms with Gasteiger partial charge in [0, 0.05) is 28.7 Å². The minimum Gasteiger partial charge on any atom is -1.00 e. The fourth-order valence-electron chi connectivity index (χ4n) is 3.61. The van der Waals surface area contributed by atoms with Crippen LogP contribution < -0.4 is 67.4 Å². The van der Waals surface area contributed by atoms with Crippen LogP contribution in [0.25, 0.3) is 0 Å². The quantitative estimate of drug-likeness (QED) is 0.168. The Hall–Kier alpha value is -0.320. The number of hydrogen-bond acceptors (Lipinski definition) is 10. The van der Waals surface area contributed by atoms with Crippen LogP contribution in [0.1, 0.15) is 43.3 Å². The summed E-state index contributed by atoms with van der Waals surface area (Å²) in [6.45, 7) is 1.38. The number of carbonyl (C=O) groups is 2. The number of carbonyl (C=O) groups excluding carboxylic acids is 2. The largest absolute Gasteiger partial charge is 1.00 e. The molecule has 0 saturated carbocycles. The van der Waals surface area contributed by atoms with Crippen molar-refractivity contribution in [3.8, 4) is 0 Å². The smallest absolute Gasteiger partial charge is 1.00 e. The predicted molar refractivity (Wildman–Crippen MR) is 117 cm³/mol. The Morgan fingerprint density at radius 2 is 1.44 bits per heavy atom. The average Bonchev–Trinajstić information content (AvgIpc) is 2.67. The van der Waals surface area contributed by atoms with Gasteiger partial charge in [-0.25, -0.2) is 16.8 Å². The third-order valence-corrected chi connectivity index (χ3v) is 11.2. The molecule has 0 fully saturated rings. The van der Waals surface area contributed by atoms with Gasteiger partial charge in [-0.15, -0.1) is 0 Å². The standard InChI is InChI=1S/C16H16N2O12S4.2Na.2H/c1-2-16(32(23,24)18-34(28,29)30)6-5-11-13(8-16)15(20)10-4-3-9(7-12(10)14(11)19)31(21,22)17-33(25,26)27;;;;/h3-7,17-18H,2,8H2,1H3,(H,25,26,27)(H,28,29,30);;;;/q;2*+1;2*-1. The number of ketones is 2. The number of sulfonamides is 2. The first kappa shape index (κ1) is 33.7. The summed E-state index contributed by atoms with van der Waals surface area (Å²) in [5, 5.41) is 0. The molecule has 0 aliphatic heterocycles. The number of Topliss-reactive ketones (excluding diaryl/α,β-unsaturated/α-hetero) is 2. The van der Waals surface area contributed by atoms with E-state index in [0.29, 0.717) is 0 Å². The van der Waals surface area contributed by atoms with Gasteiger partial charge in [-0.3, -0.25) is 18.7 Å². The molecule has 1 unspecified atom stereocenters. The molecular formula is C16H18N2Na2O12S4. The van der Waals surface area contributed by atoms with Crippen LogP contribution in [0.4, 0.5) is 0 Å². The third-order valence-electron chi connectivity index (χ3n) is 5.23. The maximum absolute atomic E-state index is 13.1. The van der Waals surface area contributed by atoms with E-state index in [1.54, 1.807) is 0 Å². The molecule has 0 aromatic heterocycles. The Morgan fingerprint density at radius 1 is 0.889 bits per heavy atom. The van der Waals surface area contributed by atoms with Gasteiger partial charge in [0.05, 0.1) is 4.90 Å². The zero-order valence-corrected chi connectivity index (χ0v) is 26.2. The van der Waals surface area contributed by atoms with Gasteiger partial charge in [-0.2, -0.15) is 16.8 Å². The topological polar surface area (TPSA) is 235 Å². The third kappa shape index (κ3) is 6.63. The number of benzene rings is 1. The average molecular weight is 605 g/mol. The molecule has 14 nitrogen and oxygen atoms in total. The summed E-state index contributed by atoms with van der Waals surface area (Å²) in [5.41, 5.74) is -1.29. The van der Waals surface area contributed by atoms with Gasteiger partial charge >= 0.3 is 79.7 Å². The number of fused-ring (bicyclic) bond motifs is 1. The number of nitrogens with one attached hydrogen (secondary N) is 2. The summed E-state index contributed by atoms with van der Waals surface area (Å²) in [4.78, 5) is 25.3. The minimum atomic E-state index is -5.18. The van der Waals surface area contributed by atoms with Gasteiger partial charge < -0.3 is 2.85 Å². The number of allylic oxidation sites excluding steroid dienone is 3. The summed E-state index contributed by atoms with van der Waals surface area (Å²) in [7, 11) is -20.0. The van der Waals surface area contributed by atoms with Gasteiger partial charge in [0.25, 0.3) is 10.0 Å². The SMILES string of the molecule is CCC1(S(=O)(=O)NS(=O)(=O)O)C=CC2=C(C1)C(=O)c1ccc(S(=O)(=O)NS(=O)(=O)O)cc1C2=O.[H-].[H-].[Na+].[Na+]. The van der Waals surface area contributed by atoms with Crippen molar-refractivity contribution in [1.82, 2.24) is 8.25 Å². The van der Waals surface area contributed by atoms with Crippen molar-refractivity contribution in [2.24, 2.45) is 0 Å². The van der Waals surface area contributed by atoms with Crippen LogP contribution >= 0.6 is 0 Å². The van der Waals surface area contributed by atoms with Crippen molar-refractivity contribution < 1.29 is 114 Å². The van der Waals surface area contributed by atoms with E-state index in [4.69, 9.17) is 9.11 Å². The predicted octanol–water partition coefficient (Wildman–Crippen LogP) is -6.49. The van der Waals surface area contributed by atoms with Gasteiger partial charge in [0.1, 0.15) is 4.75 Å². The van der Waals surface area contributed by atoms with E-state index >= 15 is 0 Å². The van der Waals surface area contributed by atoms with Crippen molar-refractivity contribution in [2.45, 2.75) is 29.4 Å². The molecule has 36 heavy (non-hydrogen) atoms. The fourth-order valence-corrected chi connectivity index (χ4v) is 8.36. The molecule has 1 aromatic carbocycles. The Balaban J connectivity index is 0. The van der Waals surface area contributed by atoms with Gasteiger partial charge in [0.2, 0.25) is 10.0 Å². The fraction of sp³-hybridized carbons (Fsp3) is 0.250. The van der Waals surface area contributed by atoms with Crippen LogP contribution in [0.15, 0.2) is 46.4 Å². The Bertz CT molecular complexity index is 1640. The molecule has 1 aromatic rings. The first-order valence-electron chi connectivity index (χ1n) is 9.00. The molecule has 0 amide bonds. The summed E-state index contributed by atoms with van der Waals surface area (Å²) < 4.78 is 111. The van der Waals surface area contributed by atoms with Crippen molar-refractivity contribution in [3.05, 3.63) is 52.6 Å². The molecule has 3 rings (SSSR count). The Kier molecular flexibility index (Phi) is 10.3. The van der Waals surface area contributed by atoms with Crippen LogP contribution in [0.2, 0.25) is 0 Å². The molecular weight excluding hydrogens is 586 g/mol. The number of rotatable bonds is 7. The summed E-state index contributed by atoms with van der Waals surface area (Å²) in [6, 6.07) is 2.43. The maximum atomic E-state index is 13.1. The monoisotopic (exact) mass is 604 g/mol. The molecule has 2 aliphatic carbocycles. The van der Waals surface area contributed by atoms with Crippen molar-refractivity contribution >= 4 is 52.2 Å². The molecule has 190 valence electrons. The van der Waals surface area contributed by atoms with Crippen molar-refractivity contribution in [2.75, 3.05) is 0 Å². The van der Waals surface area contributed by atoms with E-state index in [1.165, 1.54) is 6.92 Å². The van der Waals surface area contributed by atoms with Crippen LogP contribution in [0.5, 0.6) is 0 Å². The summed E-state index contributed by atoms with van der Waals surface area (Å²) in [5.74, 6) is -1.73. The maximum Gasteiger partial charge on any atom is 1.00 e.